The number of para-hydroxylation sites is 1. The molecule has 0 bridgehead atoms. The van der Waals surface area contributed by atoms with E-state index in [1.165, 1.54) is 5.56 Å². The first-order chi connectivity index (χ1) is 7.50. The monoisotopic (exact) mass is 219 g/mol. The number of hydrogen-bond acceptors (Lipinski definition) is 2. The van der Waals surface area contributed by atoms with Crippen LogP contribution in [0.5, 0.6) is 5.75 Å². The van der Waals surface area contributed by atoms with Crippen LogP contribution in [-0.4, -0.2) is 12.6 Å². The maximum Gasteiger partial charge on any atom is 0.125 e. The molecule has 0 saturated carbocycles. The van der Waals surface area contributed by atoms with Crippen LogP contribution >= 0.6 is 0 Å². The Balaban J connectivity index is 2.89. The van der Waals surface area contributed by atoms with Gasteiger partial charge in [0.25, 0.3) is 0 Å². The Hall–Kier alpha value is -1.28. The number of ether oxygens (including phenoxy) is 1. The molecule has 1 aromatic carbocycles. The van der Waals surface area contributed by atoms with Gasteiger partial charge in [0.1, 0.15) is 12.4 Å². The second-order valence-corrected chi connectivity index (χ2v) is 4.49. The predicted octanol–water partition coefficient (Wildman–Crippen LogP) is 2.84. The van der Waals surface area contributed by atoms with Crippen molar-refractivity contribution in [3.05, 3.63) is 41.5 Å². The van der Waals surface area contributed by atoms with Gasteiger partial charge in [-0.05, 0) is 43.9 Å². The second-order valence-electron chi connectivity index (χ2n) is 4.49. The Morgan fingerprint density at radius 3 is 2.75 bits per heavy atom. The fraction of sp³-hybridized carbons (Fsp3) is 0.429. The van der Waals surface area contributed by atoms with Crippen molar-refractivity contribution in [2.75, 3.05) is 6.61 Å². The molecule has 2 nitrogen and oxygen atoms in total. The molecule has 2 N–H and O–H groups in total. The van der Waals surface area contributed by atoms with Crippen molar-refractivity contribution < 1.29 is 4.74 Å². The Morgan fingerprint density at radius 1 is 1.50 bits per heavy atom. The van der Waals surface area contributed by atoms with E-state index in [0.717, 1.165) is 23.3 Å². The molecule has 0 heterocycles. The fourth-order valence-corrected chi connectivity index (χ4v) is 1.62. The van der Waals surface area contributed by atoms with E-state index < -0.39 is 0 Å². The number of rotatable bonds is 5. The Kier molecular flexibility index (Phi) is 4.56. The molecule has 16 heavy (non-hydrogen) atoms. The zero-order chi connectivity index (χ0) is 12.1. The minimum absolute atomic E-state index is 0.147. The van der Waals surface area contributed by atoms with Crippen molar-refractivity contribution in [2.24, 2.45) is 5.73 Å². The van der Waals surface area contributed by atoms with E-state index in [0.29, 0.717) is 6.61 Å². The molecule has 0 radical (unpaired) electrons. The summed E-state index contributed by atoms with van der Waals surface area (Å²) in [6, 6.07) is 6.32. The SMILES string of the molecule is C=C(C)COc1c(C)cccc1CC(C)N. The summed E-state index contributed by atoms with van der Waals surface area (Å²) in [5.41, 5.74) is 9.18. The van der Waals surface area contributed by atoms with Crippen molar-refractivity contribution in [1.29, 1.82) is 0 Å². The maximum absolute atomic E-state index is 5.83. The Morgan fingerprint density at radius 2 is 2.19 bits per heavy atom. The van der Waals surface area contributed by atoms with Crippen LogP contribution in [0.15, 0.2) is 30.4 Å². The van der Waals surface area contributed by atoms with Gasteiger partial charge in [-0.1, -0.05) is 24.8 Å². The fourth-order valence-electron chi connectivity index (χ4n) is 1.62. The lowest BCUT2D eigenvalue weighted by Crippen LogP contribution is -2.18. The molecule has 0 spiro atoms. The average molecular weight is 219 g/mol. The van der Waals surface area contributed by atoms with E-state index in [-0.39, 0.29) is 6.04 Å². The van der Waals surface area contributed by atoms with E-state index >= 15 is 0 Å². The molecule has 1 rings (SSSR count). The summed E-state index contributed by atoms with van der Waals surface area (Å²) >= 11 is 0. The summed E-state index contributed by atoms with van der Waals surface area (Å²) in [5.74, 6) is 0.961. The lowest BCUT2D eigenvalue weighted by molar-refractivity contribution is 0.345. The van der Waals surface area contributed by atoms with Gasteiger partial charge in [0.2, 0.25) is 0 Å². The van der Waals surface area contributed by atoms with Crippen molar-refractivity contribution in [1.82, 2.24) is 0 Å². The van der Waals surface area contributed by atoms with Gasteiger partial charge in [0.05, 0.1) is 0 Å². The van der Waals surface area contributed by atoms with Gasteiger partial charge >= 0.3 is 0 Å². The van der Waals surface area contributed by atoms with Crippen LogP contribution in [0.25, 0.3) is 0 Å². The predicted molar refractivity (Wildman–Crippen MR) is 68.8 cm³/mol. The molecular formula is C14H21NO. The van der Waals surface area contributed by atoms with Gasteiger partial charge in [-0.2, -0.15) is 0 Å². The highest BCUT2D eigenvalue weighted by molar-refractivity contribution is 5.41. The van der Waals surface area contributed by atoms with Gasteiger partial charge in [-0.25, -0.2) is 0 Å². The molecule has 0 aliphatic rings. The van der Waals surface area contributed by atoms with Crippen molar-refractivity contribution >= 4 is 0 Å². The first kappa shape index (κ1) is 12.8. The second kappa shape index (κ2) is 5.71. The molecule has 0 aliphatic carbocycles. The number of aryl methyl sites for hydroxylation is 1. The number of hydrogen-bond donors (Lipinski definition) is 1. The molecule has 0 fully saturated rings. The van der Waals surface area contributed by atoms with Gasteiger partial charge in [0.15, 0.2) is 0 Å². The first-order valence-electron chi connectivity index (χ1n) is 5.62. The van der Waals surface area contributed by atoms with Gasteiger partial charge in [-0.3, -0.25) is 0 Å². The summed E-state index contributed by atoms with van der Waals surface area (Å²) in [4.78, 5) is 0. The molecule has 0 aromatic heterocycles. The van der Waals surface area contributed by atoms with E-state index in [1.54, 1.807) is 0 Å². The quantitative estimate of drug-likeness (QED) is 0.773. The zero-order valence-electron chi connectivity index (χ0n) is 10.4. The van der Waals surface area contributed by atoms with Crippen LogP contribution in [0.4, 0.5) is 0 Å². The molecular weight excluding hydrogens is 198 g/mol. The van der Waals surface area contributed by atoms with Crippen LogP contribution in [0.3, 0.4) is 0 Å². The minimum Gasteiger partial charge on any atom is -0.489 e. The molecule has 88 valence electrons. The summed E-state index contributed by atoms with van der Waals surface area (Å²) in [6.07, 6.45) is 0.840. The van der Waals surface area contributed by atoms with Crippen molar-refractivity contribution in [3.63, 3.8) is 0 Å². The normalized spacial score (nSPS) is 12.2. The zero-order valence-corrected chi connectivity index (χ0v) is 10.4. The van der Waals surface area contributed by atoms with E-state index in [9.17, 15) is 0 Å². The smallest absolute Gasteiger partial charge is 0.125 e. The van der Waals surface area contributed by atoms with E-state index in [1.807, 2.05) is 19.9 Å². The molecule has 0 saturated heterocycles. The first-order valence-corrected chi connectivity index (χ1v) is 5.62. The summed E-state index contributed by atoms with van der Waals surface area (Å²) in [6.45, 7) is 10.4. The third kappa shape index (κ3) is 3.70. The molecule has 0 aliphatic heterocycles. The van der Waals surface area contributed by atoms with Crippen LogP contribution in [-0.2, 0) is 6.42 Å². The molecule has 2 heteroatoms. The van der Waals surface area contributed by atoms with Crippen LogP contribution < -0.4 is 10.5 Å². The summed E-state index contributed by atoms with van der Waals surface area (Å²) < 4.78 is 5.78. The maximum atomic E-state index is 5.83. The van der Waals surface area contributed by atoms with Crippen molar-refractivity contribution in [3.8, 4) is 5.75 Å². The summed E-state index contributed by atoms with van der Waals surface area (Å²) in [7, 11) is 0. The molecule has 0 amide bonds. The number of nitrogens with two attached hydrogens (primary N) is 1. The summed E-state index contributed by atoms with van der Waals surface area (Å²) in [5, 5.41) is 0. The average Bonchev–Trinajstić information content (AvgIpc) is 2.15. The van der Waals surface area contributed by atoms with E-state index in [2.05, 4.69) is 25.6 Å². The third-order valence-electron chi connectivity index (χ3n) is 2.30. The van der Waals surface area contributed by atoms with Crippen LogP contribution in [0, 0.1) is 6.92 Å². The van der Waals surface area contributed by atoms with E-state index in [4.69, 9.17) is 10.5 Å². The number of benzene rings is 1. The van der Waals surface area contributed by atoms with Gasteiger partial charge < -0.3 is 10.5 Å². The highest BCUT2D eigenvalue weighted by Gasteiger charge is 2.08. The molecule has 1 unspecified atom stereocenters. The van der Waals surface area contributed by atoms with Crippen LogP contribution in [0.1, 0.15) is 25.0 Å². The minimum atomic E-state index is 0.147. The lowest BCUT2D eigenvalue weighted by atomic mass is 10.0. The van der Waals surface area contributed by atoms with Gasteiger partial charge in [-0.15, -0.1) is 0 Å². The molecule has 1 atom stereocenters. The highest BCUT2D eigenvalue weighted by atomic mass is 16.5. The largest absolute Gasteiger partial charge is 0.489 e. The van der Waals surface area contributed by atoms with Gasteiger partial charge in [0, 0.05) is 6.04 Å². The Labute approximate surface area is 98.1 Å². The topological polar surface area (TPSA) is 35.2 Å². The highest BCUT2D eigenvalue weighted by Crippen LogP contribution is 2.24. The van der Waals surface area contributed by atoms with Crippen molar-refractivity contribution in [2.45, 2.75) is 33.2 Å². The Bertz CT molecular complexity index is 369. The van der Waals surface area contributed by atoms with Crippen LogP contribution in [0.2, 0.25) is 0 Å². The standard InChI is InChI=1S/C14H21NO/c1-10(2)9-16-14-11(3)6-5-7-13(14)8-12(4)15/h5-7,12H,1,8-9,15H2,2-4H3. The lowest BCUT2D eigenvalue weighted by Gasteiger charge is -2.15. The molecule has 1 aromatic rings. The third-order valence-corrected chi connectivity index (χ3v) is 2.30.